The maximum absolute atomic E-state index is 2.41. The summed E-state index contributed by atoms with van der Waals surface area (Å²) in [5, 5.41) is 0. The van der Waals surface area contributed by atoms with Crippen LogP contribution < -0.4 is 0 Å². The third-order valence-electron chi connectivity index (χ3n) is 3.17. The lowest BCUT2D eigenvalue weighted by molar-refractivity contribution is 0.804. The maximum Gasteiger partial charge on any atom is -0.0288 e. The third kappa shape index (κ3) is 11.7. The fourth-order valence-corrected chi connectivity index (χ4v) is 1.89. The van der Waals surface area contributed by atoms with E-state index in [2.05, 4.69) is 52.8 Å². The zero-order valence-corrected chi connectivity index (χ0v) is 13.2. The summed E-state index contributed by atoms with van der Waals surface area (Å²) in [6.45, 7) is 11.1. The van der Waals surface area contributed by atoms with Gasteiger partial charge < -0.3 is 0 Å². The van der Waals surface area contributed by atoms with Crippen LogP contribution in [0.3, 0.4) is 0 Å². The summed E-state index contributed by atoms with van der Waals surface area (Å²) in [4.78, 5) is 0. The molecule has 0 aromatic carbocycles. The minimum absolute atomic E-state index is 1.19. The minimum atomic E-state index is 1.19. The highest BCUT2D eigenvalue weighted by Crippen LogP contribution is 2.12. The monoisotopic (exact) mass is 248 g/mol. The molecule has 0 bridgehead atoms. The molecule has 0 spiro atoms. The molecule has 0 saturated carbocycles. The Morgan fingerprint density at radius 2 is 1.22 bits per heavy atom. The molecule has 18 heavy (non-hydrogen) atoms. The van der Waals surface area contributed by atoms with Crippen LogP contribution >= 0.6 is 0 Å². The zero-order chi connectivity index (χ0) is 13.8. The van der Waals surface area contributed by atoms with Crippen molar-refractivity contribution in [2.24, 2.45) is 0 Å². The van der Waals surface area contributed by atoms with Crippen molar-refractivity contribution in [3.8, 4) is 0 Å². The molecule has 0 atom stereocenters. The fraction of sp³-hybridized carbons (Fsp3) is 0.667. The van der Waals surface area contributed by atoms with E-state index >= 15 is 0 Å². The van der Waals surface area contributed by atoms with Gasteiger partial charge >= 0.3 is 0 Å². The quantitative estimate of drug-likeness (QED) is 0.319. The summed E-state index contributed by atoms with van der Waals surface area (Å²) < 4.78 is 0. The summed E-state index contributed by atoms with van der Waals surface area (Å²) in [7, 11) is 0. The van der Waals surface area contributed by atoms with Gasteiger partial charge in [0.15, 0.2) is 0 Å². The number of hydrogen-bond acceptors (Lipinski definition) is 0. The normalized spacial score (nSPS) is 12.7. The van der Waals surface area contributed by atoms with Gasteiger partial charge in [0.25, 0.3) is 0 Å². The molecule has 0 aliphatic rings. The molecule has 0 aliphatic carbocycles. The van der Waals surface area contributed by atoms with Crippen LogP contribution in [0.5, 0.6) is 0 Å². The molecule has 104 valence electrons. The van der Waals surface area contributed by atoms with Gasteiger partial charge in [-0.05, 0) is 59.8 Å². The molecule has 0 aromatic rings. The van der Waals surface area contributed by atoms with Gasteiger partial charge in [-0.2, -0.15) is 0 Å². The Hall–Kier alpha value is -0.780. The molecule has 0 aliphatic heterocycles. The minimum Gasteiger partial charge on any atom is -0.0856 e. The topological polar surface area (TPSA) is 0 Å². The van der Waals surface area contributed by atoms with E-state index in [0.29, 0.717) is 0 Å². The van der Waals surface area contributed by atoms with Gasteiger partial charge in [-0.25, -0.2) is 0 Å². The van der Waals surface area contributed by atoms with Gasteiger partial charge in [0, 0.05) is 0 Å². The summed E-state index contributed by atoms with van der Waals surface area (Å²) in [6.07, 6.45) is 15.9. The van der Waals surface area contributed by atoms with Gasteiger partial charge in [0.05, 0.1) is 0 Å². The summed E-state index contributed by atoms with van der Waals surface area (Å²) in [6, 6.07) is 0. The van der Waals surface area contributed by atoms with E-state index in [1.54, 1.807) is 5.57 Å². The van der Waals surface area contributed by atoms with Gasteiger partial charge in [-0.3, -0.25) is 0 Å². The molecule has 0 amide bonds. The predicted molar refractivity (Wildman–Crippen MR) is 84.9 cm³/mol. The molecule has 0 N–H and O–H groups in total. The van der Waals surface area contributed by atoms with E-state index in [4.69, 9.17) is 0 Å². The second-order valence-electron chi connectivity index (χ2n) is 5.60. The maximum atomic E-state index is 2.41. The first-order chi connectivity index (χ1) is 8.56. The standard InChI is InChI=1S/C18H32/c1-6-7-8-12-17(4)14-10-15-18(5)13-9-11-16(2)3/h11-12,15H,6-10,13-14H2,1-5H3. The molecule has 0 aromatic heterocycles. The second-order valence-corrected chi connectivity index (χ2v) is 5.60. The molecule has 0 radical (unpaired) electrons. The van der Waals surface area contributed by atoms with Crippen LogP contribution in [-0.2, 0) is 0 Å². The van der Waals surface area contributed by atoms with Crippen molar-refractivity contribution < 1.29 is 0 Å². The Labute approximate surface area is 115 Å². The Kier molecular flexibility index (Phi) is 10.8. The SMILES string of the molecule is CCCCC=C(C)CCC=C(C)CCC=C(C)C. The molecule has 0 heterocycles. The highest BCUT2D eigenvalue weighted by atomic mass is 14.0. The van der Waals surface area contributed by atoms with Crippen LogP contribution in [0.15, 0.2) is 34.9 Å². The molecule has 0 heteroatoms. The Bertz CT molecular complexity index is 285. The largest absolute Gasteiger partial charge is 0.0856 e. The van der Waals surface area contributed by atoms with Crippen LogP contribution in [-0.4, -0.2) is 0 Å². The van der Waals surface area contributed by atoms with Crippen LogP contribution in [0.25, 0.3) is 0 Å². The number of rotatable bonds is 9. The molecular formula is C18H32. The highest BCUT2D eigenvalue weighted by molar-refractivity contribution is 5.05. The van der Waals surface area contributed by atoms with E-state index in [0.717, 1.165) is 0 Å². The van der Waals surface area contributed by atoms with Crippen molar-refractivity contribution in [1.82, 2.24) is 0 Å². The summed E-state index contributed by atoms with van der Waals surface area (Å²) in [5.74, 6) is 0. The molecule has 0 saturated heterocycles. The first kappa shape index (κ1) is 17.2. The molecule has 0 rings (SSSR count). The predicted octanol–water partition coefficient (Wildman–Crippen LogP) is 6.60. The lowest BCUT2D eigenvalue weighted by Gasteiger charge is -2.01. The third-order valence-corrected chi connectivity index (χ3v) is 3.17. The van der Waals surface area contributed by atoms with Gasteiger partial charge in [-0.15, -0.1) is 0 Å². The van der Waals surface area contributed by atoms with Gasteiger partial charge in [0.1, 0.15) is 0 Å². The van der Waals surface area contributed by atoms with Crippen LogP contribution in [0.2, 0.25) is 0 Å². The van der Waals surface area contributed by atoms with Crippen LogP contribution in [0.1, 0.15) is 79.6 Å². The van der Waals surface area contributed by atoms with Crippen molar-refractivity contribution in [1.29, 1.82) is 0 Å². The first-order valence-corrected chi connectivity index (χ1v) is 7.50. The lowest BCUT2D eigenvalue weighted by atomic mass is 10.1. The second kappa shape index (κ2) is 11.3. The van der Waals surface area contributed by atoms with Crippen LogP contribution in [0.4, 0.5) is 0 Å². The Morgan fingerprint density at radius 3 is 1.72 bits per heavy atom. The van der Waals surface area contributed by atoms with E-state index in [1.165, 1.54) is 56.1 Å². The fourth-order valence-electron chi connectivity index (χ4n) is 1.89. The number of hydrogen-bond donors (Lipinski definition) is 0. The highest BCUT2D eigenvalue weighted by Gasteiger charge is 1.91. The van der Waals surface area contributed by atoms with Gasteiger partial charge in [0.2, 0.25) is 0 Å². The van der Waals surface area contributed by atoms with Crippen molar-refractivity contribution in [3.05, 3.63) is 34.9 Å². The smallest absolute Gasteiger partial charge is 0.0288 e. The lowest BCUT2D eigenvalue weighted by Crippen LogP contribution is -1.81. The average molecular weight is 248 g/mol. The Balaban J connectivity index is 3.79. The van der Waals surface area contributed by atoms with E-state index in [9.17, 15) is 0 Å². The number of unbranched alkanes of at least 4 members (excludes halogenated alkanes) is 2. The van der Waals surface area contributed by atoms with E-state index in [1.807, 2.05) is 0 Å². The van der Waals surface area contributed by atoms with Crippen molar-refractivity contribution in [2.45, 2.75) is 79.6 Å². The van der Waals surface area contributed by atoms with Crippen LogP contribution in [0, 0.1) is 0 Å². The number of allylic oxidation sites excluding steroid dienone is 6. The summed E-state index contributed by atoms with van der Waals surface area (Å²) >= 11 is 0. The van der Waals surface area contributed by atoms with Crippen molar-refractivity contribution in [3.63, 3.8) is 0 Å². The zero-order valence-electron chi connectivity index (χ0n) is 13.2. The Morgan fingerprint density at radius 1 is 0.722 bits per heavy atom. The molecule has 0 unspecified atom stereocenters. The summed E-state index contributed by atoms with van der Waals surface area (Å²) in [5.41, 5.74) is 4.52. The average Bonchev–Trinajstić information content (AvgIpc) is 2.29. The van der Waals surface area contributed by atoms with E-state index in [-0.39, 0.29) is 0 Å². The molecule has 0 fully saturated rings. The van der Waals surface area contributed by atoms with Crippen molar-refractivity contribution >= 4 is 0 Å². The van der Waals surface area contributed by atoms with E-state index < -0.39 is 0 Å². The van der Waals surface area contributed by atoms with Crippen molar-refractivity contribution in [2.75, 3.05) is 0 Å². The molecule has 0 nitrogen and oxygen atoms in total. The first-order valence-electron chi connectivity index (χ1n) is 7.50. The van der Waals surface area contributed by atoms with Gasteiger partial charge in [-0.1, -0.05) is 54.7 Å². The molecular weight excluding hydrogens is 216 g/mol.